The fourth-order valence-corrected chi connectivity index (χ4v) is 5.39. The maximum atomic E-state index is 13.9. The molecular weight excluding hydrogens is 515 g/mol. The van der Waals surface area contributed by atoms with Gasteiger partial charge in [-0.05, 0) is 51.0 Å². The maximum absolute atomic E-state index is 13.9. The zero-order chi connectivity index (χ0) is 29.3. The van der Waals surface area contributed by atoms with Gasteiger partial charge >= 0.3 is 0 Å². The fourth-order valence-electron chi connectivity index (χ4n) is 5.39. The Kier molecular flexibility index (Phi) is 8.14. The summed E-state index contributed by atoms with van der Waals surface area (Å²) in [6.07, 6.45) is 0.127. The van der Waals surface area contributed by atoms with Crippen LogP contribution in [0.5, 0.6) is 0 Å². The zero-order valence-corrected chi connectivity index (χ0v) is 23.4. The van der Waals surface area contributed by atoms with E-state index in [-0.39, 0.29) is 51.0 Å². The largest absolute Gasteiger partial charge is 0.374 e. The van der Waals surface area contributed by atoms with Crippen molar-refractivity contribution in [3.63, 3.8) is 0 Å². The number of ether oxygens (including phenoxy) is 1. The first-order chi connectivity index (χ1) is 18.8. The number of benzene rings is 2. The second-order valence-corrected chi connectivity index (χ2v) is 11.8. The summed E-state index contributed by atoms with van der Waals surface area (Å²) in [5, 5.41) is 2.72. The molecule has 0 spiro atoms. The molecule has 2 aromatic rings. The molecule has 0 aliphatic carbocycles. The van der Waals surface area contributed by atoms with E-state index in [0.717, 1.165) is 5.56 Å². The molecule has 40 heavy (non-hydrogen) atoms. The van der Waals surface area contributed by atoms with Crippen LogP contribution in [0.4, 0.5) is 4.39 Å². The molecule has 2 saturated heterocycles. The number of halogens is 1. The SMILES string of the molecule is CC(C)(N)C(=O)N[C@H](COCc1ccccc1)C(=O)N1CCN2C(=O)C(C)(C)C(=O)[C@]2(Cc2ccc(F)cc2)C1. The molecule has 0 aromatic heterocycles. The number of nitrogens with zero attached hydrogens (tertiary/aromatic N) is 2. The number of hydrogen-bond acceptors (Lipinski definition) is 6. The van der Waals surface area contributed by atoms with Gasteiger partial charge in [0.2, 0.25) is 17.7 Å². The molecule has 3 amide bonds. The van der Waals surface area contributed by atoms with E-state index >= 15 is 0 Å². The van der Waals surface area contributed by atoms with Gasteiger partial charge in [-0.15, -0.1) is 0 Å². The summed E-state index contributed by atoms with van der Waals surface area (Å²) >= 11 is 0. The molecule has 0 radical (unpaired) electrons. The van der Waals surface area contributed by atoms with Crippen molar-refractivity contribution in [3.05, 3.63) is 71.5 Å². The van der Waals surface area contributed by atoms with Crippen molar-refractivity contribution in [2.75, 3.05) is 26.2 Å². The van der Waals surface area contributed by atoms with Crippen molar-refractivity contribution in [2.24, 2.45) is 11.1 Å². The standard InChI is InChI=1S/C30H37FN4O5/c1-28(2)25(37)30(16-20-10-12-22(31)13-11-20)19-34(14-15-35(30)27(28)39)24(36)23(33-26(38)29(3,4)32)18-40-17-21-8-6-5-7-9-21/h5-13,23H,14-19,32H2,1-4H3,(H,33,38)/t23-,30+/m1/s1. The number of carbonyl (C=O) groups excluding carboxylic acids is 4. The van der Waals surface area contributed by atoms with Crippen molar-refractivity contribution in [1.29, 1.82) is 0 Å². The minimum Gasteiger partial charge on any atom is -0.374 e. The number of fused-ring (bicyclic) bond motifs is 1. The number of nitrogens with two attached hydrogens (primary N) is 1. The monoisotopic (exact) mass is 552 g/mol. The highest BCUT2D eigenvalue weighted by molar-refractivity contribution is 6.16. The van der Waals surface area contributed by atoms with Crippen LogP contribution in [0.1, 0.15) is 38.8 Å². The van der Waals surface area contributed by atoms with Crippen LogP contribution in [-0.2, 0) is 36.9 Å². The molecule has 2 fully saturated rings. The third-order valence-electron chi connectivity index (χ3n) is 7.64. The molecule has 0 saturated carbocycles. The second kappa shape index (κ2) is 11.1. The Morgan fingerprint density at radius 1 is 1.05 bits per heavy atom. The van der Waals surface area contributed by atoms with Crippen LogP contribution in [0.3, 0.4) is 0 Å². The van der Waals surface area contributed by atoms with Crippen molar-refractivity contribution in [1.82, 2.24) is 15.1 Å². The first-order valence-corrected chi connectivity index (χ1v) is 13.4. The lowest BCUT2D eigenvalue weighted by molar-refractivity contribution is -0.149. The minimum absolute atomic E-state index is 0.0612. The van der Waals surface area contributed by atoms with Crippen molar-refractivity contribution >= 4 is 23.5 Å². The Bertz CT molecular complexity index is 1280. The summed E-state index contributed by atoms with van der Waals surface area (Å²) in [7, 11) is 0. The molecule has 3 N–H and O–H groups in total. The second-order valence-electron chi connectivity index (χ2n) is 11.8. The van der Waals surface area contributed by atoms with Gasteiger partial charge in [0.1, 0.15) is 22.8 Å². The number of Topliss-reactive ketones (excluding diaryl/α,β-unsaturated/α-hetero) is 1. The number of ketones is 1. The van der Waals surface area contributed by atoms with E-state index in [1.807, 2.05) is 30.3 Å². The summed E-state index contributed by atoms with van der Waals surface area (Å²) in [5.74, 6) is -1.97. The molecule has 214 valence electrons. The number of amides is 3. The molecular formula is C30H37FN4O5. The summed E-state index contributed by atoms with van der Waals surface area (Å²) < 4.78 is 19.4. The lowest BCUT2D eigenvalue weighted by atomic mass is 9.77. The third-order valence-corrected chi connectivity index (χ3v) is 7.64. The number of piperazine rings is 1. The third kappa shape index (κ3) is 5.78. The van der Waals surface area contributed by atoms with Crippen LogP contribution in [0.25, 0.3) is 0 Å². The van der Waals surface area contributed by atoms with Gasteiger partial charge in [-0.1, -0.05) is 42.5 Å². The van der Waals surface area contributed by atoms with Gasteiger partial charge in [0, 0.05) is 19.5 Å². The highest BCUT2D eigenvalue weighted by Gasteiger charge is 2.64. The number of hydrogen-bond donors (Lipinski definition) is 2. The summed E-state index contributed by atoms with van der Waals surface area (Å²) in [5.41, 5.74) is 3.73. The fraction of sp³-hybridized carbons (Fsp3) is 0.467. The van der Waals surface area contributed by atoms with Gasteiger partial charge in [-0.25, -0.2) is 4.39 Å². The van der Waals surface area contributed by atoms with E-state index in [2.05, 4.69) is 5.32 Å². The summed E-state index contributed by atoms with van der Waals surface area (Å²) in [6, 6.07) is 14.1. The van der Waals surface area contributed by atoms with E-state index in [0.29, 0.717) is 5.56 Å². The van der Waals surface area contributed by atoms with Crippen molar-refractivity contribution in [2.45, 2.75) is 57.8 Å². The topological polar surface area (TPSA) is 122 Å². The van der Waals surface area contributed by atoms with E-state index in [1.165, 1.54) is 30.9 Å². The van der Waals surface area contributed by atoms with E-state index in [9.17, 15) is 23.6 Å². The molecule has 2 aliphatic heterocycles. The highest BCUT2D eigenvalue weighted by atomic mass is 19.1. The van der Waals surface area contributed by atoms with Gasteiger partial charge in [0.25, 0.3) is 0 Å². The summed E-state index contributed by atoms with van der Waals surface area (Å²) in [6.45, 7) is 6.65. The van der Waals surface area contributed by atoms with E-state index in [1.54, 1.807) is 30.9 Å². The molecule has 2 aromatic carbocycles. The predicted molar refractivity (Wildman–Crippen MR) is 146 cm³/mol. The number of rotatable bonds is 9. The van der Waals surface area contributed by atoms with Gasteiger partial charge in [0.05, 0.1) is 25.3 Å². The van der Waals surface area contributed by atoms with Gasteiger partial charge in [-0.3, -0.25) is 19.2 Å². The van der Waals surface area contributed by atoms with Crippen molar-refractivity contribution in [3.8, 4) is 0 Å². The smallest absolute Gasteiger partial charge is 0.247 e. The Labute approximate surface area is 233 Å². The predicted octanol–water partition coefficient (Wildman–Crippen LogP) is 1.83. The molecule has 4 rings (SSSR count). The molecule has 9 nitrogen and oxygen atoms in total. The van der Waals surface area contributed by atoms with Gasteiger partial charge < -0.3 is 25.6 Å². The van der Waals surface area contributed by atoms with Crippen molar-refractivity contribution < 1.29 is 28.3 Å². The van der Waals surface area contributed by atoms with E-state index < -0.39 is 40.2 Å². The quantitative estimate of drug-likeness (QED) is 0.458. The molecule has 0 unspecified atom stereocenters. The first kappa shape index (κ1) is 29.4. The normalized spacial score (nSPS) is 21.2. The Morgan fingerprint density at radius 3 is 2.33 bits per heavy atom. The Morgan fingerprint density at radius 2 is 1.70 bits per heavy atom. The lowest BCUT2D eigenvalue weighted by Crippen LogP contribution is -2.67. The van der Waals surface area contributed by atoms with E-state index in [4.69, 9.17) is 10.5 Å². The van der Waals surface area contributed by atoms with Gasteiger partial charge in [0.15, 0.2) is 5.78 Å². The minimum atomic E-state index is -1.32. The number of nitrogens with one attached hydrogen (secondary N) is 1. The zero-order valence-electron chi connectivity index (χ0n) is 23.4. The number of carbonyl (C=O) groups is 4. The molecule has 2 heterocycles. The Hall–Kier alpha value is -3.63. The van der Waals surface area contributed by atoms with Crippen LogP contribution in [-0.4, -0.2) is 76.7 Å². The van der Waals surface area contributed by atoms with Crippen LogP contribution in [0.2, 0.25) is 0 Å². The average molecular weight is 553 g/mol. The molecule has 10 heteroatoms. The summed E-state index contributed by atoms with van der Waals surface area (Å²) in [4.78, 5) is 56.9. The highest BCUT2D eigenvalue weighted by Crippen LogP contribution is 2.43. The molecule has 0 bridgehead atoms. The van der Waals surface area contributed by atoms with Gasteiger partial charge in [-0.2, -0.15) is 0 Å². The molecule has 2 atom stereocenters. The van der Waals surface area contributed by atoms with Crippen LogP contribution in [0, 0.1) is 11.2 Å². The average Bonchev–Trinajstić information content (AvgIpc) is 3.06. The maximum Gasteiger partial charge on any atom is 0.247 e. The van der Waals surface area contributed by atoms with Crippen LogP contribution in [0.15, 0.2) is 54.6 Å². The Balaban J connectivity index is 1.60. The first-order valence-electron chi connectivity index (χ1n) is 13.4. The van der Waals surface area contributed by atoms with Crippen LogP contribution >= 0.6 is 0 Å². The molecule has 2 aliphatic rings. The lowest BCUT2D eigenvalue weighted by Gasteiger charge is -2.46. The van der Waals surface area contributed by atoms with Crippen LogP contribution < -0.4 is 11.1 Å².